The number of anilines is 1. The van der Waals surface area contributed by atoms with Gasteiger partial charge in [-0.05, 0) is 25.1 Å². The summed E-state index contributed by atoms with van der Waals surface area (Å²) in [7, 11) is 1.88. The van der Waals surface area contributed by atoms with E-state index in [-0.39, 0.29) is 5.91 Å². The van der Waals surface area contributed by atoms with E-state index in [4.69, 9.17) is 5.73 Å². The van der Waals surface area contributed by atoms with Crippen molar-refractivity contribution in [3.63, 3.8) is 0 Å². The molecule has 108 valence electrons. The summed E-state index contributed by atoms with van der Waals surface area (Å²) in [6.45, 7) is 2.43. The zero-order chi connectivity index (χ0) is 15.0. The molecule has 3 aromatic rings. The molecule has 6 nitrogen and oxygen atoms in total. The molecule has 0 unspecified atom stereocenters. The molecule has 21 heavy (non-hydrogen) atoms. The first-order valence-corrected chi connectivity index (χ1v) is 6.68. The molecule has 0 radical (unpaired) electrons. The van der Waals surface area contributed by atoms with E-state index in [1.807, 2.05) is 26.1 Å². The first-order valence-electron chi connectivity index (χ1n) is 6.68. The van der Waals surface area contributed by atoms with Gasteiger partial charge in [0.2, 0.25) is 0 Å². The monoisotopic (exact) mass is 283 g/mol. The van der Waals surface area contributed by atoms with Crippen molar-refractivity contribution in [2.75, 3.05) is 5.73 Å². The quantitative estimate of drug-likeness (QED) is 0.639. The fraction of sp³-hybridized carbons (Fsp3) is 0.200. The second-order valence-corrected chi connectivity index (χ2v) is 5.07. The van der Waals surface area contributed by atoms with Crippen LogP contribution in [-0.4, -0.2) is 20.7 Å². The van der Waals surface area contributed by atoms with Crippen molar-refractivity contribution in [1.29, 1.82) is 0 Å². The number of nitrogens with zero attached hydrogens (tertiary/aromatic N) is 2. The van der Waals surface area contributed by atoms with Crippen LogP contribution >= 0.6 is 0 Å². The Balaban J connectivity index is 1.79. The minimum atomic E-state index is -0.116. The molecule has 0 atom stereocenters. The zero-order valence-corrected chi connectivity index (χ0v) is 12.0. The minimum absolute atomic E-state index is 0.116. The predicted octanol–water partition coefficient (Wildman–Crippen LogP) is 1.72. The number of nitrogens with one attached hydrogen (secondary N) is 2. The lowest BCUT2D eigenvalue weighted by Gasteiger charge is -2.04. The molecule has 0 fully saturated rings. The maximum atomic E-state index is 12.3. The molecule has 0 spiro atoms. The van der Waals surface area contributed by atoms with Crippen LogP contribution in [0.5, 0.6) is 0 Å². The Morgan fingerprint density at radius 1 is 1.48 bits per heavy atom. The number of H-pyrrole nitrogens is 1. The van der Waals surface area contributed by atoms with Gasteiger partial charge in [-0.25, -0.2) is 0 Å². The number of hydrogen-bond donors (Lipinski definition) is 3. The van der Waals surface area contributed by atoms with E-state index in [2.05, 4.69) is 15.4 Å². The number of carbonyl (C=O) groups is 1. The van der Waals surface area contributed by atoms with E-state index in [9.17, 15) is 4.79 Å². The van der Waals surface area contributed by atoms with E-state index < -0.39 is 0 Å². The number of rotatable bonds is 3. The highest BCUT2D eigenvalue weighted by atomic mass is 16.1. The number of nitrogen functional groups attached to an aromatic ring is 1. The van der Waals surface area contributed by atoms with E-state index in [0.717, 1.165) is 22.2 Å². The second-order valence-electron chi connectivity index (χ2n) is 5.07. The molecule has 6 heteroatoms. The number of aryl methyl sites for hydroxylation is 1. The summed E-state index contributed by atoms with van der Waals surface area (Å²) < 4.78 is 1.79. The lowest BCUT2D eigenvalue weighted by molar-refractivity contribution is 0.0952. The van der Waals surface area contributed by atoms with E-state index in [0.29, 0.717) is 17.8 Å². The van der Waals surface area contributed by atoms with E-state index >= 15 is 0 Å². The molecule has 0 aliphatic rings. The summed E-state index contributed by atoms with van der Waals surface area (Å²) in [6.07, 6.45) is 3.47. The molecule has 4 N–H and O–H groups in total. The Labute approximate surface area is 121 Å². The van der Waals surface area contributed by atoms with Gasteiger partial charge >= 0.3 is 0 Å². The van der Waals surface area contributed by atoms with Gasteiger partial charge in [-0.15, -0.1) is 0 Å². The Morgan fingerprint density at radius 2 is 2.29 bits per heavy atom. The highest BCUT2D eigenvalue weighted by molar-refractivity contribution is 6.07. The number of fused-ring (bicyclic) bond motifs is 1. The number of benzene rings is 1. The Hall–Kier alpha value is -2.76. The largest absolute Gasteiger partial charge is 0.399 e. The molecule has 3 rings (SSSR count). The van der Waals surface area contributed by atoms with Crippen LogP contribution in [0.15, 0.2) is 30.6 Å². The maximum absolute atomic E-state index is 12.3. The van der Waals surface area contributed by atoms with Crippen LogP contribution in [-0.2, 0) is 13.6 Å². The SMILES string of the molecule is Cc1c(CNC(=O)c2c[nH]c3cc(N)ccc23)cnn1C. The first kappa shape index (κ1) is 13.2. The molecule has 1 aromatic carbocycles. The van der Waals surface area contributed by atoms with Crippen molar-refractivity contribution in [3.8, 4) is 0 Å². The lowest BCUT2D eigenvalue weighted by Crippen LogP contribution is -2.22. The second kappa shape index (κ2) is 4.97. The van der Waals surface area contributed by atoms with Crippen molar-refractivity contribution < 1.29 is 4.79 Å². The molecule has 0 bridgehead atoms. The van der Waals surface area contributed by atoms with Crippen molar-refractivity contribution in [3.05, 3.63) is 47.4 Å². The standard InChI is InChI=1S/C15H17N5O/c1-9-10(7-19-20(9)2)6-18-15(21)13-8-17-14-5-11(16)3-4-12(13)14/h3-5,7-8,17H,6,16H2,1-2H3,(H,18,21). The van der Waals surface area contributed by atoms with E-state index in [1.54, 1.807) is 23.1 Å². The third-order valence-electron chi connectivity index (χ3n) is 3.73. The fourth-order valence-electron chi connectivity index (χ4n) is 2.32. The number of carbonyl (C=O) groups excluding carboxylic acids is 1. The molecular formula is C15H17N5O. The van der Waals surface area contributed by atoms with Crippen LogP contribution in [0.4, 0.5) is 5.69 Å². The fourth-order valence-corrected chi connectivity index (χ4v) is 2.32. The summed E-state index contributed by atoms with van der Waals surface area (Å²) in [4.78, 5) is 15.4. The normalized spacial score (nSPS) is 11.0. The smallest absolute Gasteiger partial charge is 0.253 e. The van der Waals surface area contributed by atoms with Gasteiger partial charge in [-0.2, -0.15) is 5.10 Å². The maximum Gasteiger partial charge on any atom is 0.253 e. The molecular weight excluding hydrogens is 266 g/mol. The third-order valence-corrected chi connectivity index (χ3v) is 3.73. The zero-order valence-electron chi connectivity index (χ0n) is 12.0. The van der Waals surface area contributed by atoms with Crippen LogP contribution < -0.4 is 11.1 Å². The van der Waals surface area contributed by atoms with Crippen LogP contribution in [0, 0.1) is 6.92 Å². The number of nitrogens with two attached hydrogens (primary N) is 1. The first-order chi connectivity index (χ1) is 10.1. The number of amides is 1. The lowest BCUT2D eigenvalue weighted by atomic mass is 10.1. The average molecular weight is 283 g/mol. The molecule has 2 aromatic heterocycles. The van der Waals surface area contributed by atoms with Crippen LogP contribution in [0.3, 0.4) is 0 Å². The van der Waals surface area contributed by atoms with Gasteiger partial charge in [0, 0.05) is 47.6 Å². The van der Waals surface area contributed by atoms with Gasteiger partial charge in [0.05, 0.1) is 11.8 Å². The molecule has 1 amide bonds. The summed E-state index contributed by atoms with van der Waals surface area (Å²) in [5, 5.41) is 7.95. The Bertz CT molecular complexity index is 815. The Kier molecular flexibility index (Phi) is 3.13. The summed E-state index contributed by atoms with van der Waals surface area (Å²) >= 11 is 0. The van der Waals surface area contributed by atoms with Crippen LogP contribution in [0.1, 0.15) is 21.6 Å². The topological polar surface area (TPSA) is 88.7 Å². The van der Waals surface area contributed by atoms with Gasteiger partial charge in [0.15, 0.2) is 0 Å². The molecule has 0 aliphatic heterocycles. The van der Waals surface area contributed by atoms with Gasteiger partial charge < -0.3 is 16.0 Å². The van der Waals surface area contributed by atoms with Gasteiger partial charge in [0.25, 0.3) is 5.91 Å². The van der Waals surface area contributed by atoms with Crippen molar-refractivity contribution in [1.82, 2.24) is 20.1 Å². The number of hydrogen-bond acceptors (Lipinski definition) is 3. The van der Waals surface area contributed by atoms with Crippen molar-refractivity contribution in [2.24, 2.45) is 7.05 Å². The van der Waals surface area contributed by atoms with Gasteiger partial charge in [0.1, 0.15) is 0 Å². The molecule has 2 heterocycles. The number of aromatic nitrogens is 3. The Morgan fingerprint density at radius 3 is 3.00 bits per heavy atom. The summed E-state index contributed by atoms with van der Waals surface area (Å²) in [5.41, 5.74) is 9.93. The average Bonchev–Trinajstić information content (AvgIpc) is 3.01. The van der Waals surface area contributed by atoms with Crippen LogP contribution in [0.25, 0.3) is 10.9 Å². The van der Waals surface area contributed by atoms with Crippen molar-refractivity contribution in [2.45, 2.75) is 13.5 Å². The highest BCUT2D eigenvalue weighted by Crippen LogP contribution is 2.20. The minimum Gasteiger partial charge on any atom is -0.399 e. The van der Waals surface area contributed by atoms with E-state index in [1.165, 1.54) is 0 Å². The predicted molar refractivity (Wildman–Crippen MR) is 81.8 cm³/mol. The van der Waals surface area contributed by atoms with Crippen LogP contribution in [0.2, 0.25) is 0 Å². The van der Waals surface area contributed by atoms with Gasteiger partial charge in [-0.1, -0.05) is 0 Å². The van der Waals surface area contributed by atoms with Crippen molar-refractivity contribution >= 4 is 22.5 Å². The number of aromatic amines is 1. The molecule has 0 aliphatic carbocycles. The summed E-state index contributed by atoms with van der Waals surface area (Å²) in [6, 6.07) is 5.46. The van der Waals surface area contributed by atoms with Gasteiger partial charge in [-0.3, -0.25) is 9.48 Å². The highest BCUT2D eigenvalue weighted by Gasteiger charge is 2.13. The third kappa shape index (κ3) is 2.35. The molecule has 0 saturated heterocycles. The summed E-state index contributed by atoms with van der Waals surface area (Å²) in [5.74, 6) is -0.116. The molecule has 0 saturated carbocycles.